The zero-order valence-corrected chi connectivity index (χ0v) is 19.9. The Morgan fingerprint density at radius 3 is 1.38 bits per heavy atom. The van der Waals surface area contributed by atoms with Crippen molar-refractivity contribution < 1.29 is 33.9 Å². The Labute approximate surface area is 215 Å². The second kappa shape index (κ2) is 13.1. The van der Waals surface area contributed by atoms with E-state index in [1.807, 2.05) is 72.8 Å². The van der Waals surface area contributed by atoms with Crippen LogP contribution in [0.1, 0.15) is 20.7 Å². The van der Waals surface area contributed by atoms with Crippen molar-refractivity contribution in [2.45, 2.75) is 0 Å². The molecule has 0 aromatic heterocycles. The van der Waals surface area contributed by atoms with E-state index in [2.05, 4.69) is 6.92 Å². The maximum absolute atomic E-state index is 12.8. The van der Waals surface area contributed by atoms with E-state index >= 15 is 0 Å². The fourth-order valence-electron chi connectivity index (χ4n) is 3.54. The van der Waals surface area contributed by atoms with Crippen molar-refractivity contribution in [2.24, 2.45) is 0 Å². The van der Waals surface area contributed by atoms with Crippen LogP contribution in [-0.2, 0) is 24.3 Å². The van der Waals surface area contributed by atoms with E-state index in [0.717, 1.165) is 11.1 Å². The summed E-state index contributed by atoms with van der Waals surface area (Å²) in [5.74, 6) is -1.54. The molecule has 0 N–H and O–H groups in total. The van der Waals surface area contributed by atoms with Gasteiger partial charge in [0.2, 0.25) is 0 Å². The molecule has 37 heavy (non-hydrogen) atoms. The average molecular weight is 497 g/mol. The van der Waals surface area contributed by atoms with E-state index in [1.54, 1.807) is 36.4 Å². The van der Waals surface area contributed by atoms with E-state index in [0.29, 0.717) is 11.1 Å². The maximum Gasteiger partial charge on any atom is 0.373 e. The molecular formula is C30H24O7. The van der Waals surface area contributed by atoms with Crippen LogP contribution in [0.15, 0.2) is 109 Å². The van der Waals surface area contributed by atoms with Crippen LogP contribution in [0.3, 0.4) is 0 Å². The van der Waals surface area contributed by atoms with Gasteiger partial charge in [-0.25, -0.2) is 9.59 Å². The number of benzene rings is 4. The van der Waals surface area contributed by atoms with Crippen molar-refractivity contribution >= 4 is 11.9 Å². The Morgan fingerprint density at radius 1 is 0.541 bits per heavy atom. The van der Waals surface area contributed by atoms with Gasteiger partial charge < -0.3 is 4.74 Å². The van der Waals surface area contributed by atoms with E-state index in [4.69, 9.17) is 24.3 Å². The van der Waals surface area contributed by atoms with Crippen LogP contribution < -0.4 is 0 Å². The fraction of sp³-hybridized carbons (Fsp3) is 0.0667. The van der Waals surface area contributed by atoms with Gasteiger partial charge in [0.25, 0.3) is 0 Å². The van der Waals surface area contributed by atoms with Gasteiger partial charge in [-0.2, -0.15) is 0 Å². The predicted molar refractivity (Wildman–Crippen MR) is 136 cm³/mol. The molecule has 2 radical (unpaired) electrons. The third kappa shape index (κ3) is 6.89. The van der Waals surface area contributed by atoms with Crippen molar-refractivity contribution in [3.63, 3.8) is 0 Å². The SMILES string of the molecule is [CH2]COC[C](OOC(=O)c1ccccc1-c1ccccc1)OOC(=O)c1ccccc1-c1ccccc1. The number of rotatable bonds is 11. The van der Waals surface area contributed by atoms with Crippen molar-refractivity contribution in [1.82, 2.24) is 0 Å². The number of hydrogen-bond acceptors (Lipinski definition) is 7. The molecule has 0 fully saturated rings. The molecule has 0 heterocycles. The van der Waals surface area contributed by atoms with Crippen LogP contribution in [0.25, 0.3) is 22.3 Å². The highest BCUT2D eigenvalue weighted by atomic mass is 17.3. The molecule has 186 valence electrons. The molecule has 0 unspecified atom stereocenters. The summed E-state index contributed by atoms with van der Waals surface area (Å²) in [6.07, 6.45) is -0.389. The fourth-order valence-corrected chi connectivity index (χ4v) is 3.54. The number of hydrogen-bond donors (Lipinski definition) is 0. The normalized spacial score (nSPS) is 10.8. The number of carbonyl (C=O) groups is 2. The first kappa shape index (κ1) is 25.8. The lowest BCUT2D eigenvalue weighted by Crippen LogP contribution is -2.20. The number of carbonyl (C=O) groups excluding carboxylic acids is 2. The van der Waals surface area contributed by atoms with E-state index in [1.165, 1.54) is 0 Å². The molecular weight excluding hydrogens is 472 g/mol. The van der Waals surface area contributed by atoms with Gasteiger partial charge in [-0.1, -0.05) is 97.1 Å². The Hall–Kier alpha value is -4.30. The minimum Gasteiger partial charge on any atom is -0.375 e. The zero-order chi connectivity index (χ0) is 25.9. The Morgan fingerprint density at radius 2 is 0.946 bits per heavy atom. The summed E-state index contributed by atoms with van der Waals surface area (Å²) in [7, 11) is 0. The van der Waals surface area contributed by atoms with Crippen LogP contribution in [0, 0.1) is 13.2 Å². The predicted octanol–water partition coefficient (Wildman–Crippen LogP) is 6.24. The molecule has 0 saturated heterocycles. The molecule has 0 amide bonds. The lowest BCUT2D eigenvalue weighted by molar-refractivity contribution is -0.368. The van der Waals surface area contributed by atoms with Crippen LogP contribution in [0.5, 0.6) is 0 Å². The first-order chi connectivity index (χ1) is 18.2. The van der Waals surface area contributed by atoms with Crippen LogP contribution in [-0.4, -0.2) is 25.2 Å². The maximum atomic E-state index is 12.8. The summed E-state index contributed by atoms with van der Waals surface area (Å²) in [5, 5.41) is 0. The van der Waals surface area contributed by atoms with Gasteiger partial charge in [0.1, 0.15) is 6.61 Å². The molecule has 0 bridgehead atoms. The summed E-state index contributed by atoms with van der Waals surface area (Å²) < 4.78 is 5.18. The second-order valence-corrected chi connectivity index (χ2v) is 7.66. The van der Waals surface area contributed by atoms with E-state index in [-0.39, 0.29) is 30.6 Å². The summed E-state index contributed by atoms with van der Waals surface area (Å²) in [4.78, 5) is 45.7. The average Bonchev–Trinajstić information content (AvgIpc) is 2.97. The third-order valence-electron chi connectivity index (χ3n) is 5.25. The Balaban J connectivity index is 1.42. The summed E-state index contributed by atoms with van der Waals surface area (Å²) in [5.41, 5.74) is 3.55. The lowest BCUT2D eigenvalue weighted by Gasteiger charge is -2.15. The molecule has 7 heteroatoms. The largest absolute Gasteiger partial charge is 0.375 e. The van der Waals surface area contributed by atoms with E-state index < -0.39 is 11.9 Å². The van der Waals surface area contributed by atoms with Crippen molar-refractivity contribution in [3.8, 4) is 22.3 Å². The molecule has 0 spiro atoms. The van der Waals surface area contributed by atoms with Gasteiger partial charge >= 0.3 is 18.2 Å². The Bertz CT molecular complexity index is 1210. The molecule has 4 aromatic carbocycles. The lowest BCUT2D eigenvalue weighted by atomic mass is 10.00. The number of ether oxygens (including phenoxy) is 1. The highest BCUT2D eigenvalue weighted by Gasteiger charge is 2.24. The molecule has 4 rings (SSSR count). The topological polar surface area (TPSA) is 80.3 Å². The van der Waals surface area contributed by atoms with E-state index in [9.17, 15) is 9.59 Å². The summed E-state index contributed by atoms with van der Waals surface area (Å²) >= 11 is 0. The summed E-state index contributed by atoms with van der Waals surface area (Å²) in [6, 6.07) is 32.6. The van der Waals surface area contributed by atoms with Gasteiger partial charge in [0.05, 0.1) is 11.1 Å². The quantitative estimate of drug-likeness (QED) is 0.180. The standard InChI is InChI=1S/C30H24O7/c1-2-33-21-28(34-36-29(31)26-19-11-9-17-24(26)22-13-5-3-6-14-22)35-37-30(32)27-20-12-10-18-25(27)23-15-7-4-8-16-23/h3-20H,1-2,21H2. The van der Waals surface area contributed by atoms with Crippen LogP contribution >= 0.6 is 0 Å². The van der Waals surface area contributed by atoms with Gasteiger partial charge in [-0.15, -0.1) is 9.78 Å². The molecule has 0 aliphatic carbocycles. The minimum absolute atomic E-state index is 0.0752. The first-order valence-electron chi connectivity index (χ1n) is 11.5. The molecule has 0 aliphatic heterocycles. The molecule has 7 nitrogen and oxygen atoms in total. The molecule has 0 saturated carbocycles. The van der Waals surface area contributed by atoms with Gasteiger partial charge in [0, 0.05) is 6.61 Å². The van der Waals surface area contributed by atoms with Gasteiger partial charge in [-0.3, -0.25) is 9.78 Å². The highest BCUT2D eigenvalue weighted by Crippen LogP contribution is 2.26. The zero-order valence-electron chi connectivity index (χ0n) is 19.9. The Kier molecular flexibility index (Phi) is 9.15. The molecule has 0 aliphatic rings. The monoisotopic (exact) mass is 496 g/mol. The van der Waals surface area contributed by atoms with Gasteiger partial charge in [0.15, 0.2) is 0 Å². The molecule has 0 atom stereocenters. The minimum atomic E-state index is -0.768. The van der Waals surface area contributed by atoms with Crippen LogP contribution in [0.4, 0.5) is 0 Å². The van der Waals surface area contributed by atoms with Gasteiger partial charge in [-0.05, 0) is 41.3 Å². The first-order valence-corrected chi connectivity index (χ1v) is 11.5. The summed E-state index contributed by atoms with van der Waals surface area (Å²) in [6.45, 7) is 3.36. The second-order valence-electron chi connectivity index (χ2n) is 7.66. The smallest absolute Gasteiger partial charge is 0.373 e. The molecule has 4 aromatic rings. The van der Waals surface area contributed by atoms with Crippen molar-refractivity contribution in [2.75, 3.05) is 13.2 Å². The van der Waals surface area contributed by atoms with Crippen molar-refractivity contribution in [3.05, 3.63) is 134 Å². The van der Waals surface area contributed by atoms with Crippen molar-refractivity contribution in [1.29, 1.82) is 0 Å². The highest BCUT2D eigenvalue weighted by molar-refractivity contribution is 5.97. The van der Waals surface area contributed by atoms with Crippen LogP contribution in [0.2, 0.25) is 0 Å². The third-order valence-corrected chi connectivity index (χ3v) is 5.25.